The average molecular weight is 355 g/mol. The van der Waals surface area contributed by atoms with Crippen LogP contribution in [-0.4, -0.2) is 18.2 Å². The predicted molar refractivity (Wildman–Crippen MR) is 94.1 cm³/mol. The van der Waals surface area contributed by atoms with Gasteiger partial charge in [0, 0.05) is 11.4 Å². The Kier molecular flexibility index (Phi) is 5.60. The molecule has 2 aromatic carbocycles. The number of rotatable bonds is 3. The molecule has 2 N–H and O–H groups in total. The normalized spacial score (nSPS) is 9.95. The van der Waals surface area contributed by atoms with Crippen molar-refractivity contribution in [2.45, 2.75) is 0 Å². The van der Waals surface area contributed by atoms with Gasteiger partial charge in [-0.05, 0) is 48.6 Å². The molecule has 0 radical (unpaired) electrons. The lowest BCUT2D eigenvalue weighted by atomic mass is 10.2. The van der Waals surface area contributed by atoms with Crippen molar-refractivity contribution in [3.8, 4) is 0 Å². The number of halogens is 2. The number of benzene rings is 2. The lowest BCUT2D eigenvalue weighted by Crippen LogP contribution is -2.19. The molecule has 0 aromatic heterocycles. The number of nitrogens with one attached hydrogen (secondary N) is 2. The molecule has 0 spiro atoms. The molecule has 7 heteroatoms. The van der Waals surface area contributed by atoms with Crippen molar-refractivity contribution in [1.82, 2.24) is 0 Å². The van der Waals surface area contributed by atoms with Crippen LogP contribution in [0.2, 0.25) is 10.0 Å². The van der Waals surface area contributed by atoms with Gasteiger partial charge in [0.25, 0.3) is 0 Å². The molecule has 0 aliphatic rings. The van der Waals surface area contributed by atoms with Gasteiger partial charge in [-0.15, -0.1) is 0 Å². The van der Waals surface area contributed by atoms with Gasteiger partial charge in [0.15, 0.2) is 5.11 Å². The summed E-state index contributed by atoms with van der Waals surface area (Å²) in [6, 6.07) is 11.9. The van der Waals surface area contributed by atoms with Crippen LogP contribution in [0.1, 0.15) is 10.4 Å². The third-order valence-corrected chi connectivity index (χ3v) is 3.66. The minimum atomic E-state index is -0.410. The van der Waals surface area contributed by atoms with Crippen LogP contribution in [0.25, 0.3) is 0 Å². The van der Waals surface area contributed by atoms with Crippen LogP contribution in [-0.2, 0) is 4.74 Å². The summed E-state index contributed by atoms with van der Waals surface area (Å²) in [4.78, 5) is 11.5. The van der Waals surface area contributed by atoms with Gasteiger partial charge >= 0.3 is 5.97 Å². The highest BCUT2D eigenvalue weighted by Gasteiger charge is 2.07. The zero-order valence-corrected chi connectivity index (χ0v) is 13.9. The first-order valence-electron chi connectivity index (χ1n) is 6.21. The van der Waals surface area contributed by atoms with Gasteiger partial charge in [0.05, 0.1) is 22.7 Å². The molecule has 0 bridgehead atoms. The first-order chi connectivity index (χ1) is 10.5. The van der Waals surface area contributed by atoms with Crippen molar-refractivity contribution in [3.63, 3.8) is 0 Å². The van der Waals surface area contributed by atoms with Gasteiger partial charge in [-0.2, -0.15) is 0 Å². The molecule has 0 atom stereocenters. The summed E-state index contributed by atoms with van der Waals surface area (Å²) in [7, 11) is 1.33. The summed E-state index contributed by atoms with van der Waals surface area (Å²) in [5.41, 5.74) is 1.81. The van der Waals surface area contributed by atoms with Gasteiger partial charge in [-0.3, -0.25) is 0 Å². The minimum Gasteiger partial charge on any atom is -0.465 e. The zero-order valence-electron chi connectivity index (χ0n) is 11.5. The quantitative estimate of drug-likeness (QED) is 0.623. The number of esters is 1. The first-order valence-corrected chi connectivity index (χ1v) is 7.37. The molecule has 0 aliphatic carbocycles. The second kappa shape index (κ2) is 7.45. The highest BCUT2D eigenvalue weighted by molar-refractivity contribution is 7.80. The summed E-state index contributed by atoms with van der Waals surface area (Å²) in [5, 5.41) is 7.23. The summed E-state index contributed by atoms with van der Waals surface area (Å²) in [5.74, 6) is -0.410. The van der Waals surface area contributed by atoms with Crippen LogP contribution in [0, 0.1) is 0 Å². The number of ether oxygens (including phenoxy) is 1. The van der Waals surface area contributed by atoms with E-state index in [0.29, 0.717) is 32.1 Å². The molecule has 0 aliphatic heterocycles. The Bertz CT molecular complexity index is 722. The van der Waals surface area contributed by atoms with Crippen molar-refractivity contribution >= 4 is 57.9 Å². The maximum Gasteiger partial charge on any atom is 0.337 e. The number of carbonyl (C=O) groups excluding carboxylic acids is 1. The number of methoxy groups -OCH3 is 1. The highest BCUT2D eigenvalue weighted by Crippen LogP contribution is 2.25. The minimum absolute atomic E-state index is 0.361. The molecule has 0 heterocycles. The number of carbonyl (C=O) groups is 1. The van der Waals surface area contributed by atoms with Gasteiger partial charge < -0.3 is 15.4 Å². The fraction of sp³-hybridized carbons (Fsp3) is 0.0667. The lowest BCUT2D eigenvalue weighted by molar-refractivity contribution is 0.0601. The molecule has 0 unspecified atom stereocenters. The fourth-order valence-electron chi connectivity index (χ4n) is 1.71. The highest BCUT2D eigenvalue weighted by atomic mass is 35.5. The van der Waals surface area contributed by atoms with Crippen LogP contribution in [0.4, 0.5) is 11.4 Å². The van der Waals surface area contributed by atoms with Crippen LogP contribution < -0.4 is 10.6 Å². The largest absolute Gasteiger partial charge is 0.465 e. The third-order valence-electron chi connectivity index (χ3n) is 2.72. The van der Waals surface area contributed by atoms with Crippen LogP contribution >= 0.6 is 35.4 Å². The Morgan fingerprint density at radius 2 is 1.73 bits per heavy atom. The standard InChI is InChI=1S/C15H12Cl2N2O2S/c1-21-14(20)9-3-2-4-10(7-9)18-15(22)19-11-5-6-12(16)13(17)8-11/h2-8H,1H3,(H2,18,19,22). The fourth-order valence-corrected chi connectivity index (χ4v) is 2.24. The van der Waals surface area contributed by atoms with E-state index in [1.165, 1.54) is 7.11 Å². The number of anilines is 2. The van der Waals surface area contributed by atoms with E-state index in [4.69, 9.17) is 35.4 Å². The van der Waals surface area contributed by atoms with Crippen molar-refractivity contribution in [1.29, 1.82) is 0 Å². The Morgan fingerprint density at radius 3 is 2.36 bits per heavy atom. The SMILES string of the molecule is COC(=O)c1cccc(NC(=S)Nc2ccc(Cl)c(Cl)c2)c1. The molecule has 2 aromatic rings. The average Bonchev–Trinajstić information content (AvgIpc) is 2.50. The topological polar surface area (TPSA) is 50.4 Å². The van der Waals surface area contributed by atoms with E-state index < -0.39 is 5.97 Å². The molecule has 4 nitrogen and oxygen atoms in total. The molecular weight excluding hydrogens is 343 g/mol. The third kappa shape index (κ3) is 4.34. The lowest BCUT2D eigenvalue weighted by Gasteiger charge is -2.11. The molecule has 0 amide bonds. The van der Waals surface area contributed by atoms with E-state index >= 15 is 0 Å². The Hall–Kier alpha value is -1.82. The van der Waals surface area contributed by atoms with Crippen molar-refractivity contribution in [3.05, 3.63) is 58.1 Å². The Labute approximate surface area is 143 Å². The van der Waals surface area contributed by atoms with E-state index in [9.17, 15) is 4.79 Å². The van der Waals surface area contributed by atoms with Gasteiger partial charge in [-0.25, -0.2) is 4.79 Å². The number of hydrogen-bond donors (Lipinski definition) is 2. The van der Waals surface area contributed by atoms with E-state index in [1.807, 2.05) is 0 Å². The van der Waals surface area contributed by atoms with Gasteiger partial charge in [0.1, 0.15) is 0 Å². The Balaban J connectivity index is 2.05. The van der Waals surface area contributed by atoms with Gasteiger partial charge in [-0.1, -0.05) is 29.3 Å². The number of thiocarbonyl (C=S) groups is 1. The summed E-state index contributed by atoms with van der Waals surface area (Å²) in [6.07, 6.45) is 0. The van der Waals surface area contributed by atoms with Crippen molar-refractivity contribution in [2.24, 2.45) is 0 Å². The van der Waals surface area contributed by atoms with Crippen molar-refractivity contribution < 1.29 is 9.53 Å². The molecule has 22 heavy (non-hydrogen) atoms. The molecule has 0 fully saturated rings. The summed E-state index contributed by atoms with van der Waals surface area (Å²) in [6.45, 7) is 0. The van der Waals surface area contributed by atoms with E-state index in [2.05, 4.69) is 15.4 Å². The van der Waals surface area contributed by atoms with Crippen LogP contribution in [0.15, 0.2) is 42.5 Å². The van der Waals surface area contributed by atoms with E-state index in [-0.39, 0.29) is 0 Å². The first kappa shape index (κ1) is 16.5. The maximum atomic E-state index is 11.5. The van der Waals surface area contributed by atoms with Crippen molar-refractivity contribution in [2.75, 3.05) is 17.7 Å². The molecular formula is C15H12Cl2N2O2S. The monoisotopic (exact) mass is 354 g/mol. The Morgan fingerprint density at radius 1 is 1.05 bits per heavy atom. The summed E-state index contributed by atoms with van der Waals surface area (Å²) < 4.78 is 4.67. The zero-order chi connectivity index (χ0) is 16.1. The summed E-state index contributed by atoms with van der Waals surface area (Å²) >= 11 is 17.0. The molecule has 114 valence electrons. The van der Waals surface area contributed by atoms with E-state index in [0.717, 1.165) is 0 Å². The van der Waals surface area contributed by atoms with Crippen LogP contribution in [0.5, 0.6) is 0 Å². The number of hydrogen-bond acceptors (Lipinski definition) is 3. The maximum absolute atomic E-state index is 11.5. The molecule has 0 saturated carbocycles. The second-order valence-corrected chi connectivity index (χ2v) is 5.50. The molecule has 0 saturated heterocycles. The van der Waals surface area contributed by atoms with Crippen LogP contribution in [0.3, 0.4) is 0 Å². The smallest absolute Gasteiger partial charge is 0.337 e. The second-order valence-electron chi connectivity index (χ2n) is 4.28. The molecule has 2 rings (SSSR count). The van der Waals surface area contributed by atoms with Gasteiger partial charge in [0.2, 0.25) is 0 Å². The predicted octanol–water partition coefficient (Wildman–Crippen LogP) is 4.59. The van der Waals surface area contributed by atoms with E-state index in [1.54, 1.807) is 42.5 Å².